The van der Waals surface area contributed by atoms with Crippen LogP contribution < -0.4 is 5.32 Å². The summed E-state index contributed by atoms with van der Waals surface area (Å²) < 4.78 is 0. The van der Waals surface area contributed by atoms with Crippen LogP contribution in [0, 0.1) is 6.92 Å². The molecule has 0 saturated carbocycles. The summed E-state index contributed by atoms with van der Waals surface area (Å²) in [6.45, 7) is 6.42. The van der Waals surface area contributed by atoms with Gasteiger partial charge in [0.2, 0.25) is 0 Å². The summed E-state index contributed by atoms with van der Waals surface area (Å²) in [5.74, 6) is 0.544. The standard InChI is InChI=1S/C18H23N/c1-3-19-14-18(16-10-5-4-6-11-16)13-17-12-8-7-9-15(17)2/h4-12,18-19H,3,13-14H2,1-2H3. The molecule has 2 aromatic rings. The lowest BCUT2D eigenvalue weighted by molar-refractivity contribution is 0.594. The Balaban J connectivity index is 2.17. The van der Waals surface area contributed by atoms with E-state index in [1.54, 1.807) is 0 Å². The first-order valence-corrected chi connectivity index (χ1v) is 7.11. The highest BCUT2D eigenvalue weighted by molar-refractivity contribution is 5.29. The maximum absolute atomic E-state index is 3.49. The summed E-state index contributed by atoms with van der Waals surface area (Å²) in [5, 5.41) is 3.49. The Labute approximate surface area is 116 Å². The third-order valence-electron chi connectivity index (χ3n) is 3.64. The van der Waals surface area contributed by atoms with Crippen LogP contribution in [0.25, 0.3) is 0 Å². The number of rotatable bonds is 6. The second kappa shape index (κ2) is 7.10. The minimum Gasteiger partial charge on any atom is -0.316 e. The minimum absolute atomic E-state index is 0.544. The van der Waals surface area contributed by atoms with Crippen molar-refractivity contribution in [1.29, 1.82) is 0 Å². The van der Waals surface area contributed by atoms with Crippen molar-refractivity contribution < 1.29 is 0 Å². The predicted molar refractivity (Wildman–Crippen MR) is 82.6 cm³/mol. The molecule has 0 aromatic heterocycles. The number of aryl methyl sites for hydroxylation is 1. The Morgan fingerprint density at radius 1 is 0.947 bits per heavy atom. The lowest BCUT2D eigenvalue weighted by atomic mass is 9.90. The molecule has 100 valence electrons. The molecule has 0 aliphatic rings. The quantitative estimate of drug-likeness (QED) is 0.822. The van der Waals surface area contributed by atoms with E-state index in [-0.39, 0.29) is 0 Å². The summed E-state index contributed by atoms with van der Waals surface area (Å²) in [5.41, 5.74) is 4.26. The molecule has 1 atom stereocenters. The fraction of sp³-hybridized carbons (Fsp3) is 0.333. The maximum Gasteiger partial charge on any atom is 0.00232 e. The SMILES string of the molecule is CCNCC(Cc1ccccc1C)c1ccccc1. The second-order valence-electron chi connectivity index (χ2n) is 5.05. The van der Waals surface area contributed by atoms with Gasteiger partial charge >= 0.3 is 0 Å². The van der Waals surface area contributed by atoms with Gasteiger partial charge in [0.15, 0.2) is 0 Å². The van der Waals surface area contributed by atoms with Gasteiger partial charge in [0, 0.05) is 12.5 Å². The van der Waals surface area contributed by atoms with Gasteiger partial charge in [0.05, 0.1) is 0 Å². The minimum atomic E-state index is 0.544. The van der Waals surface area contributed by atoms with E-state index in [1.807, 2.05) is 0 Å². The van der Waals surface area contributed by atoms with Crippen LogP contribution in [0.2, 0.25) is 0 Å². The van der Waals surface area contributed by atoms with Crippen molar-refractivity contribution in [3.05, 3.63) is 71.3 Å². The van der Waals surface area contributed by atoms with Crippen molar-refractivity contribution in [3.8, 4) is 0 Å². The van der Waals surface area contributed by atoms with Gasteiger partial charge in [-0.05, 0) is 36.6 Å². The summed E-state index contributed by atoms with van der Waals surface area (Å²) in [7, 11) is 0. The first-order chi connectivity index (χ1) is 9.31. The van der Waals surface area contributed by atoms with Crippen LogP contribution in [0.15, 0.2) is 54.6 Å². The largest absolute Gasteiger partial charge is 0.316 e. The summed E-state index contributed by atoms with van der Waals surface area (Å²) >= 11 is 0. The van der Waals surface area contributed by atoms with Gasteiger partial charge in [-0.2, -0.15) is 0 Å². The Kier molecular flexibility index (Phi) is 5.17. The third-order valence-corrected chi connectivity index (χ3v) is 3.64. The van der Waals surface area contributed by atoms with Crippen molar-refractivity contribution >= 4 is 0 Å². The molecule has 0 spiro atoms. The van der Waals surface area contributed by atoms with Crippen molar-refractivity contribution in [2.75, 3.05) is 13.1 Å². The van der Waals surface area contributed by atoms with E-state index in [4.69, 9.17) is 0 Å². The first kappa shape index (κ1) is 13.8. The molecule has 0 bridgehead atoms. The van der Waals surface area contributed by atoms with Gasteiger partial charge in [-0.25, -0.2) is 0 Å². The normalized spacial score (nSPS) is 12.3. The molecule has 0 aliphatic heterocycles. The molecular weight excluding hydrogens is 230 g/mol. The zero-order valence-corrected chi connectivity index (χ0v) is 11.9. The van der Waals surface area contributed by atoms with Crippen LogP contribution in [-0.4, -0.2) is 13.1 Å². The zero-order chi connectivity index (χ0) is 13.5. The van der Waals surface area contributed by atoms with Crippen molar-refractivity contribution in [1.82, 2.24) is 5.32 Å². The van der Waals surface area contributed by atoms with Crippen LogP contribution in [0.1, 0.15) is 29.5 Å². The van der Waals surface area contributed by atoms with E-state index in [2.05, 4.69) is 73.8 Å². The van der Waals surface area contributed by atoms with Gasteiger partial charge in [-0.1, -0.05) is 61.5 Å². The number of likely N-dealkylation sites (N-methyl/N-ethyl adjacent to an activating group) is 1. The molecule has 0 heterocycles. The highest BCUT2D eigenvalue weighted by atomic mass is 14.8. The fourth-order valence-electron chi connectivity index (χ4n) is 2.46. The lowest BCUT2D eigenvalue weighted by Crippen LogP contribution is -2.22. The molecule has 0 radical (unpaired) electrons. The number of hydrogen-bond acceptors (Lipinski definition) is 1. The average Bonchev–Trinajstić information content (AvgIpc) is 2.46. The molecular formula is C18H23N. The first-order valence-electron chi connectivity index (χ1n) is 7.11. The van der Waals surface area contributed by atoms with E-state index in [1.165, 1.54) is 16.7 Å². The number of benzene rings is 2. The number of hydrogen-bond donors (Lipinski definition) is 1. The van der Waals surface area contributed by atoms with Gasteiger partial charge in [0.1, 0.15) is 0 Å². The van der Waals surface area contributed by atoms with E-state index >= 15 is 0 Å². The Morgan fingerprint density at radius 2 is 1.63 bits per heavy atom. The topological polar surface area (TPSA) is 12.0 Å². The van der Waals surface area contributed by atoms with Crippen LogP contribution in [0.5, 0.6) is 0 Å². The molecule has 2 rings (SSSR count). The van der Waals surface area contributed by atoms with Gasteiger partial charge in [-0.3, -0.25) is 0 Å². The molecule has 0 fully saturated rings. The average molecular weight is 253 g/mol. The van der Waals surface area contributed by atoms with Gasteiger partial charge in [0.25, 0.3) is 0 Å². The predicted octanol–water partition coefficient (Wildman–Crippen LogP) is 3.93. The smallest absolute Gasteiger partial charge is 0.00232 e. The van der Waals surface area contributed by atoms with Crippen LogP contribution in [-0.2, 0) is 6.42 Å². The maximum atomic E-state index is 3.49. The molecule has 1 N–H and O–H groups in total. The van der Waals surface area contributed by atoms with Crippen LogP contribution in [0.3, 0.4) is 0 Å². The molecule has 0 saturated heterocycles. The van der Waals surface area contributed by atoms with E-state index < -0.39 is 0 Å². The van der Waals surface area contributed by atoms with Crippen LogP contribution >= 0.6 is 0 Å². The Hall–Kier alpha value is -1.60. The molecule has 0 aliphatic carbocycles. The molecule has 2 aromatic carbocycles. The third kappa shape index (κ3) is 3.93. The highest BCUT2D eigenvalue weighted by Crippen LogP contribution is 2.22. The van der Waals surface area contributed by atoms with Crippen LogP contribution in [0.4, 0.5) is 0 Å². The lowest BCUT2D eigenvalue weighted by Gasteiger charge is -2.19. The monoisotopic (exact) mass is 253 g/mol. The number of nitrogens with one attached hydrogen (secondary N) is 1. The highest BCUT2D eigenvalue weighted by Gasteiger charge is 2.12. The van der Waals surface area contributed by atoms with Crippen molar-refractivity contribution in [2.24, 2.45) is 0 Å². The summed E-state index contributed by atoms with van der Waals surface area (Å²) in [4.78, 5) is 0. The van der Waals surface area contributed by atoms with E-state index in [9.17, 15) is 0 Å². The summed E-state index contributed by atoms with van der Waals surface area (Å²) in [6.07, 6.45) is 1.10. The molecule has 0 amide bonds. The molecule has 1 nitrogen and oxygen atoms in total. The van der Waals surface area contributed by atoms with Crippen molar-refractivity contribution in [3.63, 3.8) is 0 Å². The van der Waals surface area contributed by atoms with E-state index in [0.717, 1.165) is 19.5 Å². The Bertz CT molecular complexity index is 490. The summed E-state index contributed by atoms with van der Waals surface area (Å²) in [6, 6.07) is 19.5. The van der Waals surface area contributed by atoms with E-state index in [0.29, 0.717) is 5.92 Å². The fourth-order valence-corrected chi connectivity index (χ4v) is 2.46. The molecule has 1 heteroatoms. The molecule has 1 unspecified atom stereocenters. The zero-order valence-electron chi connectivity index (χ0n) is 11.9. The Morgan fingerprint density at radius 3 is 2.32 bits per heavy atom. The van der Waals surface area contributed by atoms with Crippen molar-refractivity contribution in [2.45, 2.75) is 26.2 Å². The van der Waals surface area contributed by atoms with Gasteiger partial charge < -0.3 is 5.32 Å². The van der Waals surface area contributed by atoms with Gasteiger partial charge in [-0.15, -0.1) is 0 Å². The second-order valence-corrected chi connectivity index (χ2v) is 5.05. The molecule has 19 heavy (non-hydrogen) atoms.